The van der Waals surface area contributed by atoms with Crippen LogP contribution in [0.2, 0.25) is 0 Å². The van der Waals surface area contributed by atoms with E-state index in [1.807, 2.05) is 44.2 Å². The number of carboxylic acid groups (broad SMARTS) is 1. The number of urea groups is 1. The number of amides is 3. The molecule has 260 valence electrons. The maximum Gasteiger partial charge on any atom is 0.316 e. The third-order valence-electron chi connectivity index (χ3n) is 8.87. The number of hydrogen-bond donors (Lipinski definition) is 3. The topological polar surface area (TPSA) is 178 Å². The van der Waals surface area contributed by atoms with Crippen molar-refractivity contribution in [2.75, 3.05) is 52.7 Å². The lowest BCUT2D eigenvalue weighted by Crippen LogP contribution is -2.61. The molecule has 0 spiro atoms. The first-order chi connectivity index (χ1) is 22.2. The molecule has 0 bridgehead atoms. The molecule has 2 aromatic rings. The van der Waals surface area contributed by atoms with Gasteiger partial charge in [-0.3, -0.25) is 0 Å². The Morgan fingerprint density at radius 2 is 1.85 bits per heavy atom. The first-order valence-corrected chi connectivity index (χ1v) is 17.4. The number of carbonyl (C=O) groups excluding carboxylic acids is 2. The molecule has 47 heavy (non-hydrogen) atoms. The number of nitrogen functional groups attached to an aromatic ring is 1. The third-order valence-corrected chi connectivity index (χ3v) is 10.7. The van der Waals surface area contributed by atoms with Crippen LogP contribution in [0, 0.1) is 11.3 Å². The number of aliphatic hydroxyl groups excluding tert-OH is 1. The minimum atomic E-state index is -4.20. The Balaban J connectivity index is 1.64. The monoisotopic (exact) mass is 674 g/mol. The maximum absolute atomic E-state index is 14.2. The van der Waals surface area contributed by atoms with E-state index in [9.17, 15) is 28.2 Å². The van der Waals surface area contributed by atoms with Gasteiger partial charge in [-0.05, 0) is 54.9 Å². The Morgan fingerprint density at radius 3 is 2.51 bits per heavy atom. The summed E-state index contributed by atoms with van der Waals surface area (Å²) in [5.74, 6) is -0.238. The summed E-state index contributed by atoms with van der Waals surface area (Å²) in [6.07, 6.45) is -1.61. The zero-order valence-corrected chi connectivity index (χ0v) is 28.4. The second-order valence-electron chi connectivity index (χ2n) is 13.4. The molecule has 2 aliphatic heterocycles. The van der Waals surface area contributed by atoms with Gasteiger partial charge in [0.15, 0.2) is 6.29 Å². The van der Waals surface area contributed by atoms with Gasteiger partial charge in [0.05, 0.1) is 36.3 Å². The van der Waals surface area contributed by atoms with Crippen LogP contribution in [-0.2, 0) is 25.9 Å². The first kappa shape index (κ1) is 36.4. The molecule has 0 saturated carbocycles. The summed E-state index contributed by atoms with van der Waals surface area (Å²) in [6, 6.07) is 13.2. The van der Waals surface area contributed by atoms with Crippen molar-refractivity contribution in [3.8, 4) is 0 Å². The molecule has 0 aromatic heterocycles. The molecule has 4 N–H and O–H groups in total. The molecule has 2 aliphatic rings. The highest BCUT2D eigenvalue weighted by molar-refractivity contribution is 7.89. The standard InChI is InChI=1S/C33H49N5O8S/c1-33(2,15-9-16-35-31(40)36(3)4)22-37(47(43,44)25-13-8-12-24(34)19-25)20-29(39)27(18-23-10-6-5-7-11-23)38(32(41)42)28-21-46-30-26(28)14-17-45-30/h5-8,10-13,19,26-30,39H,9,14-18,20-22,34H2,1-4H3,(H,35,40)(H,41,42)/p-1/t26-,27-,28-,29+,30+/m0/s1. The van der Waals surface area contributed by atoms with Gasteiger partial charge in [0.25, 0.3) is 0 Å². The van der Waals surface area contributed by atoms with Crippen LogP contribution in [0.1, 0.15) is 38.7 Å². The quantitative estimate of drug-likeness (QED) is 0.187. The number of carbonyl (C=O) groups is 2. The van der Waals surface area contributed by atoms with Crippen LogP contribution in [0.15, 0.2) is 59.5 Å². The lowest BCUT2D eigenvalue weighted by Gasteiger charge is -2.43. The number of rotatable bonds is 15. The molecule has 0 unspecified atom stereocenters. The minimum absolute atomic E-state index is 0.0112. The van der Waals surface area contributed by atoms with Crippen molar-refractivity contribution < 1.29 is 37.7 Å². The number of sulfonamides is 1. The van der Waals surface area contributed by atoms with E-state index in [2.05, 4.69) is 5.32 Å². The molecule has 2 aromatic carbocycles. The van der Waals surface area contributed by atoms with Crippen molar-refractivity contribution in [3.05, 3.63) is 60.2 Å². The Morgan fingerprint density at radius 1 is 1.13 bits per heavy atom. The zero-order chi connectivity index (χ0) is 34.4. The summed E-state index contributed by atoms with van der Waals surface area (Å²) < 4.78 is 41.0. The Kier molecular flexibility index (Phi) is 12.1. The fraction of sp³-hybridized carbons (Fsp3) is 0.576. The normalized spacial score (nSPS) is 20.9. The molecule has 4 rings (SSSR count). The number of nitrogens with two attached hydrogens (primary N) is 1. The van der Waals surface area contributed by atoms with Gasteiger partial charge in [-0.2, -0.15) is 4.31 Å². The van der Waals surface area contributed by atoms with Gasteiger partial charge in [-0.25, -0.2) is 13.2 Å². The second kappa shape index (κ2) is 15.6. The van der Waals surface area contributed by atoms with Gasteiger partial charge in [-0.1, -0.05) is 50.2 Å². The van der Waals surface area contributed by atoms with Crippen LogP contribution in [0.4, 0.5) is 15.3 Å². The lowest BCUT2D eigenvalue weighted by atomic mass is 9.87. The highest BCUT2D eigenvalue weighted by Gasteiger charge is 2.47. The van der Waals surface area contributed by atoms with Crippen LogP contribution in [0.5, 0.6) is 0 Å². The van der Waals surface area contributed by atoms with E-state index in [0.717, 1.165) is 10.5 Å². The number of anilines is 1. The smallest absolute Gasteiger partial charge is 0.316 e. The van der Waals surface area contributed by atoms with Gasteiger partial charge in [0.2, 0.25) is 10.0 Å². The average Bonchev–Trinajstić information content (AvgIpc) is 3.64. The van der Waals surface area contributed by atoms with Crippen molar-refractivity contribution in [2.24, 2.45) is 11.3 Å². The molecular formula is C33H48N5O8S-. The summed E-state index contributed by atoms with van der Waals surface area (Å²) in [7, 11) is -0.905. The minimum Gasteiger partial charge on any atom is -0.530 e. The van der Waals surface area contributed by atoms with Gasteiger partial charge < -0.3 is 45.3 Å². The summed E-state index contributed by atoms with van der Waals surface area (Å²) >= 11 is 0. The highest BCUT2D eigenvalue weighted by Crippen LogP contribution is 2.36. The molecule has 5 atom stereocenters. The van der Waals surface area contributed by atoms with Crippen LogP contribution < -0.4 is 16.2 Å². The Bertz CT molecular complexity index is 1460. The van der Waals surface area contributed by atoms with E-state index in [1.54, 1.807) is 26.2 Å². The van der Waals surface area contributed by atoms with Crippen molar-refractivity contribution in [3.63, 3.8) is 0 Å². The molecular weight excluding hydrogens is 626 g/mol. The van der Waals surface area contributed by atoms with Gasteiger partial charge in [0, 0.05) is 45.3 Å². The number of fused-ring (bicyclic) bond motifs is 1. The number of nitrogens with one attached hydrogen (secondary N) is 1. The van der Waals surface area contributed by atoms with Crippen molar-refractivity contribution in [1.29, 1.82) is 0 Å². The third kappa shape index (κ3) is 9.35. The molecule has 3 amide bonds. The summed E-state index contributed by atoms with van der Waals surface area (Å²) in [6.45, 7) is 4.36. The molecule has 14 heteroatoms. The largest absolute Gasteiger partial charge is 0.530 e. The summed E-state index contributed by atoms with van der Waals surface area (Å²) in [5.41, 5.74) is 6.40. The van der Waals surface area contributed by atoms with E-state index >= 15 is 0 Å². The van der Waals surface area contributed by atoms with Gasteiger partial charge in [-0.15, -0.1) is 0 Å². The zero-order valence-electron chi connectivity index (χ0n) is 27.6. The fourth-order valence-corrected chi connectivity index (χ4v) is 8.10. The second-order valence-corrected chi connectivity index (χ2v) is 15.3. The van der Waals surface area contributed by atoms with Crippen LogP contribution in [0.3, 0.4) is 0 Å². The van der Waals surface area contributed by atoms with E-state index in [-0.39, 0.29) is 42.1 Å². The molecule has 2 fully saturated rings. The van der Waals surface area contributed by atoms with E-state index < -0.39 is 52.6 Å². The molecule has 0 aliphatic carbocycles. The van der Waals surface area contributed by atoms with E-state index in [4.69, 9.17) is 15.2 Å². The van der Waals surface area contributed by atoms with Crippen LogP contribution in [0.25, 0.3) is 0 Å². The number of aliphatic hydroxyl groups is 1. The highest BCUT2D eigenvalue weighted by atomic mass is 32.2. The summed E-state index contributed by atoms with van der Waals surface area (Å²) in [4.78, 5) is 27.3. The predicted molar refractivity (Wildman–Crippen MR) is 174 cm³/mol. The molecule has 2 saturated heterocycles. The SMILES string of the molecule is CN(C)C(=O)NCCCC(C)(C)CN(C[C@@H](O)[C@H](Cc1ccccc1)N(C(=O)[O-])[C@H]1CO[C@H]2OCC[C@H]21)S(=O)(=O)c1cccc(N)c1. The molecule has 2 heterocycles. The number of hydrogen-bond acceptors (Lipinski definition) is 9. The average molecular weight is 675 g/mol. The van der Waals surface area contributed by atoms with E-state index in [0.29, 0.717) is 32.4 Å². The van der Waals surface area contributed by atoms with Crippen molar-refractivity contribution in [2.45, 2.75) is 68.9 Å². The van der Waals surface area contributed by atoms with Gasteiger partial charge in [0.1, 0.15) is 6.09 Å². The number of ether oxygens (including phenoxy) is 2. The van der Waals surface area contributed by atoms with E-state index in [1.165, 1.54) is 21.3 Å². The lowest BCUT2D eigenvalue weighted by molar-refractivity contribution is -0.273. The first-order valence-electron chi connectivity index (χ1n) is 15.9. The fourth-order valence-electron chi connectivity index (χ4n) is 6.40. The summed E-state index contributed by atoms with van der Waals surface area (Å²) in [5, 5.41) is 27.6. The van der Waals surface area contributed by atoms with Crippen molar-refractivity contribution in [1.82, 2.24) is 19.4 Å². The molecule has 13 nitrogen and oxygen atoms in total. The van der Waals surface area contributed by atoms with Gasteiger partial charge >= 0.3 is 6.03 Å². The maximum atomic E-state index is 14.2. The predicted octanol–water partition coefficient (Wildman–Crippen LogP) is 1.72. The Hall–Kier alpha value is -3.43. The Labute approximate surface area is 277 Å². The number of benzene rings is 2. The van der Waals surface area contributed by atoms with Crippen molar-refractivity contribution >= 4 is 27.8 Å². The molecule has 0 radical (unpaired) electrons. The van der Waals surface area contributed by atoms with Crippen LogP contribution >= 0.6 is 0 Å². The van der Waals surface area contributed by atoms with Crippen LogP contribution in [-0.4, -0.2) is 111 Å². The number of nitrogens with zero attached hydrogens (tertiary/aromatic N) is 3.